The summed E-state index contributed by atoms with van der Waals surface area (Å²) in [5.74, 6) is 0.589. The molecule has 94 valence electrons. The van der Waals surface area contributed by atoms with E-state index in [-0.39, 0.29) is 12.0 Å². The summed E-state index contributed by atoms with van der Waals surface area (Å²) in [6.07, 6.45) is 1.94. The zero-order chi connectivity index (χ0) is 12.8. The summed E-state index contributed by atoms with van der Waals surface area (Å²) in [6.45, 7) is 3.44. The van der Waals surface area contributed by atoms with Crippen molar-refractivity contribution in [2.75, 3.05) is 7.11 Å². The largest absolute Gasteiger partial charge is 0.493 e. The maximum Gasteiger partial charge on any atom is 0.308 e. The molecular weight excluding hydrogens is 218 g/mol. The topological polar surface area (TPSA) is 61.5 Å². The number of benzene rings is 1. The van der Waals surface area contributed by atoms with Gasteiger partial charge in [0.2, 0.25) is 0 Å². The van der Waals surface area contributed by atoms with Crippen LogP contribution in [0.4, 0.5) is 0 Å². The second kappa shape index (κ2) is 6.25. The quantitative estimate of drug-likeness (QED) is 0.631. The summed E-state index contributed by atoms with van der Waals surface area (Å²) in [4.78, 5) is 10.9. The van der Waals surface area contributed by atoms with E-state index >= 15 is 0 Å². The van der Waals surface area contributed by atoms with E-state index in [1.165, 1.54) is 14.0 Å². The smallest absolute Gasteiger partial charge is 0.308 e. The number of ether oxygens (including phenoxy) is 2. The van der Waals surface area contributed by atoms with Crippen LogP contribution in [0.1, 0.15) is 38.3 Å². The van der Waals surface area contributed by atoms with E-state index in [1.54, 1.807) is 6.07 Å². The summed E-state index contributed by atoms with van der Waals surface area (Å²) in [5.41, 5.74) is 7.00. The molecule has 0 heterocycles. The Kier molecular flexibility index (Phi) is 4.97. The number of rotatable bonds is 5. The van der Waals surface area contributed by atoms with Crippen molar-refractivity contribution in [3.63, 3.8) is 0 Å². The van der Waals surface area contributed by atoms with Crippen LogP contribution in [0.5, 0.6) is 11.5 Å². The number of hydrogen-bond donors (Lipinski definition) is 1. The molecule has 0 aliphatic carbocycles. The average molecular weight is 237 g/mol. The van der Waals surface area contributed by atoms with Crippen molar-refractivity contribution in [2.24, 2.45) is 5.73 Å². The number of carbonyl (C=O) groups is 1. The molecule has 1 rings (SSSR count). The molecule has 4 heteroatoms. The molecule has 1 atom stereocenters. The van der Waals surface area contributed by atoms with Crippen molar-refractivity contribution in [1.82, 2.24) is 0 Å². The Morgan fingerprint density at radius 2 is 2.12 bits per heavy atom. The molecule has 0 unspecified atom stereocenters. The van der Waals surface area contributed by atoms with Crippen LogP contribution >= 0.6 is 0 Å². The van der Waals surface area contributed by atoms with E-state index in [1.807, 2.05) is 12.1 Å². The SMILES string of the molecule is CCC[C@@H](N)c1ccc(OC(C)=O)c(OC)c1. The Labute approximate surface area is 102 Å². The van der Waals surface area contributed by atoms with Crippen LogP contribution in [-0.4, -0.2) is 13.1 Å². The van der Waals surface area contributed by atoms with E-state index in [0.29, 0.717) is 11.5 Å². The standard InChI is InChI=1S/C13H19NO3/c1-4-5-11(14)10-6-7-12(17-9(2)15)13(8-10)16-3/h6-8,11H,4-5,14H2,1-3H3/t11-/m1/s1. The maximum absolute atomic E-state index is 10.9. The first kappa shape index (κ1) is 13.5. The van der Waals surface area contributed by atoms with Crippen LogP contribution in [0.25, 0.3) is 0 Å². The fourth-order valence-electron chi connectivity index (χ4n) is 1.63. The van der Waals surface area contributed by atoms with Gasteiger partial charge >= 0.3 is 5.97 Å². The molecule has 0 fully saturated rings. The molecule has 0 saturated heterocycles. The van der Waals surface area contributed by atoms with Gasteiger partial charge in [0.05, 0.1) is 7.11 Å². The second-order valence-corrected chi connectivity index (χ2v) is 3.90. The third-order valence-corrected chi connectivity index (χ3v) is 2.47. The molecule has 0 aromatic heterocycles. The predicted octanol–water partition coefficient (Wildman–Crippen LogP) is 2.42. The van der Waals surface area contributed by atoms with Crippen LogP contribution in [0.3, 0.4) is 0 Å². The third-order valence-electron chi connectivity index (χ3n) is 2.47. The lowest BCUT2D eigenvalue weighted by Crippen LogP contribution is -2.10. The van der Waals surface area contributed by atoms with Gasteiger partial charge in [-0.2, -0.15) is 0 Å². The highest BCUT2D eigenvalue weighted by molar-refractivity contribution is 5.70. The van der Waals surface area contributed by atoms with E-state index in [9.17, 15) is 4.79 Å². The highest BCUT2D eigenvalue weighted by Gasteiger charge is 2.11. The fourth-order valence-corrected chi connectivity index (χ4v) is 1.63. The number of carbonyl (C=O) groups excluding carboxylic acids is 1. The van der Waals surface area contributed by atoms with Crippen LogP contribution in [-0.2, 0) is 4.79 Å². The van der Waals surface area contributed by atoms with Crippen LogP contribution in [0.15, 0.2) is 18.2 Å². The molecule has 1 aromatic rings. The predicted molar refractivity (Wildman–Crippen MR) is 66.1 cm³/mol. The van der Waals surface area contributed by atoms with E-state index in [4.69, 9.17) is 15.2 Å². The van der Waals surface area contributed by atoms with Gasteiger partial charge in [-0.3, -0.25) is 4.79 Å². The molecule has 0 radical (unpaired) electrons. The molecule has 0 spiro atoms. The first-order valence-corrected chi connectivity index (χ1v) is 5.70. The van der Waals surface area contributed by atoms with Gasteiger partial charge in [-0.05, 0) is 24.1 Å². The van der Waals surface area contributed by atoms with Crippen LogP contribution < -0.4 is 15.2 Å². The summed E-state index contributed by atoms with van der Waals surface area (Å²) in [5, 5.41) is 0. The van der Waals surface area contributed by atoms with Gasteiger partial charge in [0, 0.05) is 13.0 Å². The van der Waals surface area contributed by atoms with Crippen molar-refractivity contribution in [1.29, 1.82) is 0 Å². The Morgan fingerprint density at radius 1 is 1.41 bits per heavy atom. The Morgan fingerprint density at radius 3 is 2.65 bits per heavy atom. The molecule has 0 aliphatic rings. The normalized spacial score (nSPS) is 12.0. The van der Waals surface area contributed by atoms with Crippen LogP contribution in [0.2, 0.25) is 0 Å². The van der Waals surface area contributed by atoms with Gasteiger partial charge in [-0.15, -0.1) is 0 Å². The molecule has 0 amide bonds. The first-order valence-electron chi connectivity index (χ1n) is 5.70. The first-order chi connectivity index (χ1) is 8.08. The average Bonchev–Trinajstić information content (AvgIpc) is 2.29. The minimum absolute atomic E-state index is 0.0136. The number of esters is 1. The second-order valence-electron chi connectivity index (χ2n) is 3.90. The third kappa shape index (κ3) is 3.75. The molecule has 0 saturated carbocycles. The summed E-state index contributed by atoms with van der Waals surface area (Å²) in [7, 11) is 1.54. The molecule has 0 bridgehead atoms. The molecule has 2 N–H and O–H groups in total. The number of nitrogens with two attached hydrogens (primary N) is 1. The van der Waals surface area contributed by atoms with Gasteiger partial charge in [0.1, 0.15) is 0 Å². The lowest BCUT2D eigenvalue weighted by molar-refractivity contribution is -0.132. The molecule has 0 aliphatic heterocycles. The molecular formula is C13H19NO3. The molecule has 4 nitrogen and oxygen atoms in total. The van der Waals surface area contributed by atoms with E-state index < -0.39 is 0 Å². The Balaban J connectivity index is 2.95. The van der Waals surface area contributed by atoms with E-state index in [2.05, 4.69) is 6.92 Å². The summed E-state index contributed by atoms with van der Waals surface area (Å²) in [6, 6.07) is 5.38. The lowest BCUT2D eigenvalue weighted by Gasteiger charge is -2.14. The van der Waals surface area contributed by atoms with Gasteiger partial charge in [0.15, 0.2) is 11.5 Å². The van der Waals surface area contributed by atoms with Crippen molar-refractivity contribution < 1.29 is 14.3 Å². The lowest BCUT2D eigenvalue weighted by atomic mass is 10.0. The summed E-state index contributed by atoms with van der Waals surface area (Å²) >= 11 is 0. The monoisotopic (exact) mass is 237 g/mol. The minimum atomic E-state index is -0.367. The fraction of sp³-hybridized carbons (Fsp3) is 0.462. The van der Waals surface area contributed by atoms with Gasteiger partial charge in [-0.1, -0.05) is 19.4 Å². The van der Waals surface area contributed by atoms with Crippen LogP contribution in [0, 0.1) is 0 Å². The van der Waals surface area contributed by atoms with Crippen molar-refractivity contribution in [2.45, 2.75) is 32.7 Å². The number of methoxy groups -OCH3 is 1. The molecule has 17 heavy (non-hydrogen) atoms. The summed E-state index contributed by atoms with van der Waals surface area (Å²) < 4.78 is 10.2. The van der Waals surface area contributed by atoms with Crippen molar-refractivity contribution in [3.8, 4) is 11.5 Å². The van der Waals surface area contributed by atoms with E-state index in [0.717, 1.165) is 18.4 Å². The Hall–Kier alpha value is -1.55. The zero-order valence-corrected chi connectivity index (χ0v) is 10.5. The highest BCUT2D eigenvalue weighted by atomic mass is 16.6. The van der Waals surface area contributed by atoms with Crippen molar-refractivity contribution in [3.05, 3.63) is 23.8 Å². The van der Waals surface area contributed by atoms with Gasteiger partial charge in [-0.25, -0.2) is 0 Å². The zero-order valence-electron chi connectivity index (χ0n) is 10.5. The maximum atomic E-state index is 10.9. The highest BCUT2D eigenvalue weighted by Crippen LogP contribution is 2.30. The number of hydrogen-bond acceptors (Lipinski definition) is 4. The van der Waals surface area contributed by atoms with Gasteiger partial charge < -0.3 is 15.2 Å². The molecule has 1 aromatic carbocycles. The minimum Gasteiger partial charge on any atom is -0.493 e. The van der Waals surface area contributed by atoms with Crippen molar-refractivity contribution >= 4 is 5.97 Å². The Bertz CT molecular complexity index is 390. The van der Waals surface area contributed by atoms with Gasteiger partial charge in [0.25, 0.3) is 0 Å².